The summed E-state index contributed by atoms with van der Waals surface area (Å²) in [5, 5.41) is 0.811. The molecule has 0 aromatic heterocycles. The van der Waals surface area contributed by atoms with Gasteiger partial charge in [-0.3, -0.25) is 19.3 Å². The standard InChI is InChI=1S/C33H33ClN2O4/c34-26-4-1-3-25(17-26)24-13-15-35(16-14-24)19-22-7-9-23(10-8-22)21-40-32-6-2-5-28-29(32)20-36(33(28)39)30-12-11-27(37)18-31(30)38/h1-10,17,24,30H,11-16,18-21H2. The number of nitrogens with zero attached hydrogens (tertiary/aromatic N) is 2. The van der Waals surface area contributed by atoms with Crippen molar-refractivity contribution < 1.29 is 19.1 Å². The number of carbonyl (C=O) groups excluding carboxylic acids is 3. The van der Waals surface area contributed by atoms with Gasteiger partial charge in [0, 0.05) is 29.1 Å². The van der Waals surface area contributed by atoms with Gasteiger partial charge < -0.3 is 9.64 Å². The molecule has 6 rings (SSSR count). The van der Waals surface area contributed by atoms with Crippen LogP contribution in [0.4, 0.5) is 0 Å². The van der Waals surface area contributed by atoms with Gasteiger partial charge in [-0.1, -0.05) is 54.1 Å². The molecule has 2 fully saturated rings. The molecule has 2 heterocycles. The Bertz CT molecular complexity index is 1430. The lowest BCUT2D eigenvalue weighted by molar-refractivity contribution is -0.133. The van der Waals surface area contributed by atoms with Crippen molar-refractivity contribution in [1.29, 1.82) is 0 Å². The summed E-state index contributed by atoms with van der Waals surface area (Å²) in [4.78, 5) is 41.3. The zero-order chi connectivity index (χ0) is 27.6. The van der Waals surface area contributed by atoms with E-state index >= 15 is 0 Å². The van der Waals surface area contributed by atoms with Gasteiger partial charge in [0.2, 0.25) is 0 Å². The fourth-order valence-electron chi connectivity index (χ4n) is 6.25. The van der Waals surface area contributed by atoms with Crippen LogP contribution in [0.1, 0.15) is 70.6 Å². The summed E-state index contributed by atoms with van der Waals surface area (Å²) in [6.45, 7) is 3.80. The van der Waals surface area contributed by atoms with E-state index in [9.17, 15) is 14.4 Å². The fraction of sp³-hybridized carbons (Fsp3) is 0.364. The highest BCUT2D eigenvalue weighted by molar-refractivity contribution is 6.30. The predicted molar refractivity (Wildman–Crippen MR) is 153 cm³/mol. The first kappa shape index (κ1) is 26.7. The molecule has 7 heteroatoms. The number of likely N-dealkylation sites (tertiary alicyclic amines) is 1. The minimum atomic E-state index is -0.527. The van der Waals surface area contributed by atoms with Crippen LogP contribution in [0, 0.1) is 0 Å². The molecule has 40 heavy (non-hydrogen) atoms. The van der Waals surface area contributed by atoms with Gasteiger partial charge in [-0.25, -0.2) is 0 Å². The Morgan fingerprint density at radius 1 is 0.875 bits per heavy atom. The molecular weight excluding hydrogens is 524 g/mol. The second-order valence-electron chi connectivity index (χ2n) is 11.2. The van der Waals surface area contributed by atoms with Crippen molar-refractivity contribution in [2.24, 2.45) is 0 Å². The summed E-state index contributed by atoms with van der Waals surface area (Å²) in [5.74, 6) is 0.876. The zero-order valence-corrected chi connectivity index (χ0v) is 23.2. The zero-order valence-electron chi connectivity index (χ0n) is 22.5. The molecule has 1 atom stereocenters. The van der Waals surface area contributed by atoms with Crippen LogP contribution >= 0.6 is 11.6 Å². The van der Waals surface area contributed by atoms with Crippen LogP contribution in [0.5, 0.6) is 5.75 Å². The lowest BCUT2D eigenvalue weighted by Gasteiger charge is -2.32. The first-order valence-corrected chi connectivity index (χ1v) is 14.5. The Labute approximate surface area is 239 Å². The molecule has 3 aromatic carbocycles. The maximum atomic E-state index is 13.1. The number of ether oxygens (including phenoxy) is 1. The molecule has 0 bridgehead atoms. The summed E-state index contributed by atoms with van der Waals surface area (Å²) < 4.78 is 6.18. The van der Waals surface area contributed by atoms with Crippen molar-refractivity contribution in [1.82, 2.24) is 9.80 Å². The molecule has 1 amide bonds. The summed E-state index contributed by atoms with van der Waals surface area (Å²) in [6.07, 6.45) is 2.95. The second kappa shape index (κ2) is 11.6. The van der Waals surface area contributed by atoms with E-state index in [0.29, 0.717) is 43.2 Å². The highest BCUT2D eigenvalue weighted by atomic mass is 35.5. The average Bonchev–Trinajstić information content (AvgIpc) is 3.29. The van der Waals surface area contributed by atoms with E-state index in [0.717, 1.165) is 48.6 Å². The topological polar surface area (TPSA) is 66.9 Å². The Morgan fingerprint density at radius 2 is 1.62 bits per heavy atom. The monoisotopic (exact) mass is 556 g/mol. The molecule has 1 unspecified atom stereocenters. The number of Topliss-reactive ketones (excluding diaryl/α,β-unsaturated/α-hetero) is 2. The van der Waals surface area contributed by atoms with Crippen LogP contribution in [0.25, 0.3) is 0 Å². The van der Waals surface area contributed by atoms with E-state index < -0.39 is 6.04 Å². The summed E-state index contributed by atoms with van der Waals surface area (Å²) >= 11 is 6.19. The van der Waals surface area contributed by atoms with Crippen LogP contribution < -0.4 is 4.74 Å². The predicted octanol–water partition coefficient (Wildman–Crippen LogP) is 5.95. The molecule has 206 valence electrons. The second-order valence-corrected chi connectivity index (χ2v) is 11.6. The number of rotatable bonds is 7. The van der Waals surface area contributed by atoms with E-state index in [1.165, 1.54) is 11.1 Å². The number of carbonyl (C=O) groups is 3. The molecule has 3 aromatic rings. The van der Waals surface area contributed by atoms with Gasteiger partial charge in [-0.2, -0.15) is 0 Å². The molecule has 2 aliphatic heterocycles. The number of ketones is 2. The van der Waals surface area contributed by atoms with E-state index in [-0.39, 0.29) is 23.9 Å². The van der Waals surface area contributed by atoms with E-state index in [1.54, 1.807) is 11.0 Å². The van der Waals surface area contributed by atoms with Crippen molar-refractivity contribution in [3.05, 3.63) is 99.6 Å². The lowest BCUT2D eigenvalue weighted by Crippen LogP contribution is -2.44. The summed E-state index contributed by atoms with van der Waals surface area (Å²) in [7, 11) is 0. The van der Waals surface area contributed by atoms with Crippen LogP contribution in [-0.2, 0) is 29.3 Å². The van der Waals surface area contributed by atoms with Crippen molar-refractivity contribution in [2.45, 2.75) is 63.8 Å². The number of hydrogen-bond acceptors (Lipinski definition) is 5. The third-order valence-corrected chi connectivity index (χ3v) is 8.73. The van der Waals surface area contributed by atoms with Crippen molar-refractivity contribution in [3.8, 4) is 5.75 Å². The number of piperidine rings is 1. The maximum absolute atomic E-state index is 13.1. The van der Waals surface area contributed by atoms with Gasteiger partial charge in [0.1, 0.15) is 18.1 Å². The van der Waals surface area contributed by atoms with Gasteiger partial charge in [0.05, 0.1) is 19.0 Å². The van der Waals surface area contributed by atoms with E-state index in [1.807, 2.05) is 24.3 Å². The Morgan fingerprint density at radius 3 is 2.38 bits per heavy atom. The van der Waals surface area contributed by atoms with Crippen LogP contribution in [-0.4, -0.2) is 46.4 Å². The third kappa shape index (κ3) is 5.70. The number of amides is 1. The van der Waals surface area contributed by atoms with Crippen molar-refractivity contribution in [2.75, 3.05) is 13.1 Å². The number of fused-ring (bicyclic) bond motifs is 1. The lowest BCUT2D eigenvalue weighted by atomic mass is 9.89. The maximum Gasteiger partial charge on any atom is 0.255 e. The van der Waals surface area contributed by atoms with Gasteiger partial charge in [0.25, 0.3) is 5.91 Å². The third-order valence-electron chi connectivity index (χ3n) is 8.50. The highest BCUT2D eigenvalue weighted by Gasteiger charge is 2.40. The van der Waals surface area contributed by atoms with Gasteiger partial charge in [0.15, 0.2) is 5.78 Å². The molecule has 1 saturated carbocycles. The molecular formula is C33H33ClN2O4. The summed E-state index contributed by atoms with van der Waals surface area (Å²) in [6, 6.07) is 21.8. The molecule has 0 radical (unpaired) electrons. The molecule has 1 saturated heterocycles. The normalized spacial score (nSPS) is 20.2. The van der Waals surface area contributed by atoms with Gasteiger partial charge >= 0.3 is 0 Å². The fourth-order valence-corrected chi connectivity index (χ4v) is 6.45. The minimum Gasteiger partial charge on any atom is -0.489 e. The van der Waals surface area contributed by atoms with Crippen molar-refractivity contribution >= 4 is 29.1 Å². The van der Waals surface area contributed by atoms with Crippen LogP contribution in [0.3, 0.4) is 0 Å². The molecule has 6 nitrogen and oxygen atoms in total. The molecule has 0 spiro atoms. The van der Waals surface area contributed by atoms with E-state index in [4.69, 9.17) is 16.3 Å². The molecule has 0 N–H and O–H groups in total. The first-order valence-electron chi connectivity index (χ1n) is 14.1. The van der Waals surface area contributed by atoms with Crippen molar-refractivity contribution in [3.63, 3.8) is 0 Å². The SMILES string of the molecule is O=C1CCC(N2Cc3c(OCc4ccc(CN5CCC(c6cccc(Cl)c6)CC5)cc4)cccc3C2=O)C(=O)C1. The highest BCUT2D eigenvalue weighted by Crippen LogP contribution is 2.35. The average molecular weight is 557 g/mol. The van der Waals surface area contributed by atoms with Crippen LogP contribution in [0.2, 0.25) is 5.02 Å². The Balaban J connectivity index is 1.03. The smallest absolute Gasteiger partial charge is 0.255 e. The summed E-state index contributed by atoms with van der Waals surface area (Å²) in [5.41, 5.74) is 5.08. The van der Waals surface area contributed by atoms with Gasteiger partial charge in [-0.15, -0.1) is 0 Å². The minimum absolute atomic E-state index is 0.0427. The quantitative estimate of drug-likeness (QED) is 0.337. The number of benzene rings is 3. The first-order chi connectivity index (χ1) is 19.4. The van der Waals surface area contributed by atoms with Crippen LogP contribution in [0.15, 0.2) is 66.7 Å². The van der Waals surface area contributed by atoms with Gasteiger partial charge in [-0.05, 0) is 79.2 Å². The Kier molecular flexibility index (Phi) is 7.72. The van der Waals surface area contributed by atoms with E-state index in [2.05, 4.69) is 41.3 Å². The number of halogens is 1. The molecule has 1 aliphatic carbocycles. The molecule has 3 aliphatic rings. The number of hydrogen-bond donors (Lipinski definition) is 0. The Hall–Kier alpha value is -3.48. The largest absolute Gasteiger partial charge is 0.489 e.